The number of piperidine rings is 1. The topological polar surface area (TPSA) is 80.0 Å². The molecule has 0 bridgehead atoms. The number of anilines is 2. The lowest BCUT2D eigenvalue weighted by Crippen LogP contribution is -2.41. The predicted molar refractivity (Wildman–Crippen MR) is 102 cm³/mol. The fourth-order valence-corrected chi connectivity index (χ4v) is 3.34. The minimum absolute atomic E-state index is 0.0360. The van der Waals surface area contributed by atoms with Crippen LogP contribution >= 0.6 is 0 Å². The quantitative estimate of drug-likeness (QED) is 0.705. The van der Waals surface area contributed by atoms with E-state index in [-0.39, 0.29) is 11.8 Å². The summed E-state index contributed by atoms with van der Waals surface area (Å²) in [6.45, 7) is 1.58. The van der Waals surface area contributed by atoms with Crippen LogP contribution in [0.1, 0.15) is 12.8 Å². The highest BCUT2D eigenvalue weighted by atomic mass is 16.2. The van der Waals surface area contributed by atoms with Crippen molar-refractivity contribution in [1.82, 2.24) is 25.0 Å². The van der Waals surface area contributed by atoms with Crippen molar-refractivity contribution in [1.29, 1.82) is 0 Å². The van der Waals surface area contributed by atoms with Crippen molar-refractivity contribution < 1.29 is 4.79 Å². The van der Waals surface area contributed by atoms with E-state index in [0.717, 1.165) is 37.4 Å². The lowest BCUT2D eigenvalue weighted by atomic mass is 9.95. The van der Waals surface area contributed by atoms with Crippen molar-refractivity contribution >= 4 is 17.4 Å². The summed E-state index contributed by atoms with van der Waals surface area (Å²) >= 11 is 0. The van der Waals surface area contributed by atoms with Gasteiger partial charge in [-0.3, -0.25) is 4.79 Å². The van der Waals surface area contributed by atoms with Gasteiger partial charge in [0, 0.05) is 31.7 Å². The van der Waals surface area contributed by atoms with Crippen molar-refractivity contribution in [3.8, 4) is 5.82 Å². The zero-order chi connectivity index (χ0) is 18.6. The molecule has 27 heavy (non-hydrogen) atoms. The normalized spacial score (nSPS) is 14.9. The molecule has 1 saturated heterocycles. The number of aromatic nitrogens is 5. The van der Waals surface area contributed by atoms with Crippen molar-refractivity contribution in [3.63, 3.8) is 0 Å². The number of rotatable bonds is 4. The highest BCUT2D eigenvalue weighted by Crippen LogP contribution is 2.25. The van der Waals surface area contributed by atoms with Gasteiger partial charge in [-0.15, -0.1) is 10.2 Å². The van der Waals surface area contributed by atoms with E-state index >= 15 is 0 Å². The van der Waals surface area contributed by atoms with E-state index in [1.807, 2.05) is 49.5 Å². The number of carbonyl (C=O) groups excluding carboxylic acids is 1. The molecule has 0 N–H and O–H groups in total. The van der Waals surface area contributed by atoms with Gasteiger partial charge in [-0.25, -0.2) is 9.67 Å². The summed E-state index contributed by atoms with van der Waals surface area (Å²) in [4.78, 5) is 20.6. The van der Waals surface area contributed by atoms with Gasteiger partial charge in [-0.05, 0) is 37.1 Å². The van der Waals surface area contributed by atoms with E-state index in [9.17, 15) is 4.79 Å². The number of hydrogen-bond donors (Lipinski definition) is 0. The third-order valence-electron chi connectivity index (χ3n) is 4.93. The van der Waals surface area contributed by atoms with Crippen LogP contribution < -0.4 is 9.80 Å². The van der Waals surface area contributed by atoms with E-state index in [1.165, 1.54) is 6.33 Å². The molecule has 1 aliphatic heterocycles. The standard InChI is InChI=1S/C19H21N7O/c1-24(16-5-3-2-4-6-16)19(27)15-9-11-25(12-10-15)17-7-8-18(23-22-17)26-14-20-13-21-26/h2-8,13-15H,9-12H2,1H3. The zero-order valence-corrected chi connectivity index (χ0v) is 15.1. The van der Waals surface area contributed by atoms with E-state index in [0.29, 0.717) is 5.82 Å². The van der Waals surface area contributed by atoms with Gasteiger partial charge >= 0.3 is 0 Å². The van der Waals surface area contributed by atoms with Gasteiger partial charge in [-0.2, -0.15) is 5.10 Å². The monoisotopic (exact) mass is 363 g/mol. The molecule has 0 radical (unpaired) electrons. The van der Waals surface area contributed by atoms with E-state index in [4.69, 9.17) is 0 Å². The fourth-order valence-electron chi connectivity index (χ4n) is 3.34. The molecule has 3 heterocycles. The van der Waals surface area contributed by atoms with Gasteiger partial charge in [0.2, 0.25) is 5.91 Å². The van der Waals surface area contributed by atoms with Crippen molar-refractivity contribution in [2.75, 3.05) is 29.9 Å². The Morgan fingerprint density at radius 2 is 1.74 bits per heavy atom. The summed E-state index contributed by atoms with van der Waals surface area (Å²) in [5.41, 5.74) is 0.930. The molecule has 138 valence electrons. The Bertz CT molecular complexity index is 872. The Morgan fingerprint density at radius 1 is 1.04 bits per heavy atom. The first-order valence-electron chi connectivity index (χ1n) is 8.98. The van der Waals surface area contributed by atoms with Crippen LogP contribution in [0, 0.1) is 5.92 Å². The molecular weight excluding hydrogens is 342 g/mol. The van der Waals surface area contributed by atoms with Crippen LogP contribution in [-0.4, -0.2) is 51.0 Å². The number of carbonyl (C=O) groups is 1. The van der Waals surface area contributed by atoms with Crippen LogP contribution in [0.2, 0.25) is 0 Å². The first-order valence-corrected chi connectivity index (χ1v) is 8.98. The molecule has 8 heteroatoms. The molecule has 3 aromatic rings. The maximum absolute atomic E-state index is 12.8. The van der Waals surface area contributed by atoms with Gasteiger partial charge < -0.3 is 9.80 Å². The summed E-state index contributed by atoms with van der Waals surface area (Å²) in [6, 6.07) is 13.6. The van der Waals surface area contributed by atoms with Gasteiger partial charge in [-0.1, -0.05) is 18.2 Å². The molecule has 1 amide bonds. The average molecular weight is 363 g/mol. The number of nitrogens with zero attached hydrogens (tertiary/aromatic N) is 7. The molecule has 8 nitrogen and oxygen atoms in total. The Kier molecular flexibility index (Phi) is 4.78. The molecule has 0 saturated carbocycles. The molecule has 1 fully saturated rings. The molecule has 1 aromatic carbocycles. The summed E-state index contributed by atoms with van der Waals surface area (Å²) in [5, 5.41) is 12.6. The third kappa shape index (κ3) is 3.64. The Morgan fingerprint density at radius 3 is 2.37 bits per heavy atom. The second-order valence-electron chi connectivity index (χ2n) is 6.58. The first-order chi connectivity index (χ1) is 13.2. The average Bonchev–Trinajstić information content (AvgIpc) is 3.28. The molecular formula is C19H21N7O. The van der Waals surface area contributed by atoms with Crippen molar-refractivity contribution in [2.45, 2.75) is 12.8 Å². The second kappa shape index (κ2) is 7.53. The van der Waals surface area contributed by atoms with Crippen LogP contribution in [0.15, 0.2) is 55.1 Å². The maximum Gasteiger partial charge on any atom is 0.229 e. The van der Waals surface area contributed by atoms with Crippen LogP contribution in [0.5, 0.6) is 0 Å². The summed E-state index contributed by atoms with van der Waals surface area (Å²) in [5.74, 6) is 1.66. The minimum Gasteiger partial charge on any atom is -0.355 e. The smallest absolute Gasteiger partial charge is 0.229 e. The van der Waals surface area contributed by atoms with Crippen LogP contribution in [-0.2, 0) is 4.79 Å². The molecule has 0 unspecified atom stereocenters. The molecule has 4 rings (SSSR count). The Labute approximate surface area is 157 Å². The molecule has 0 spiro atoms. The lowest BCUT2D eigenvalue weighted by molar-refractivity contribution is -0.122. The lowest BCUT2D eigenvalue weighted by Gasteiger charge is -2.33. The fraction of sp³-hybridized carbons (Fsp3) is 0.316. The Balaban J connectivity index is 1.36. The van der Waals surface area contributed by atoms with Crippen molar-refractivity contribution in [2.24, 2.45) is 5.92 Å². The highest BCUT2D eigenvalue weighted by Gasteiger charge is 2.28. The highest BCUT2D eigenvalue weighted by molar-refractivity contribution is 5.94. The number of para-hydroxylation sites is 1. The molecule has 1 aliphatic rings. The maximum atomic E-state index is 12.8. The second-order valence-corrected chi connectivity index (χ2v) is 6.58. The van der Waals surface area contributed by atoms with Gasteiger partial charge in [0.1, 0.15) is 12.7 Å². The molecule has 0 aliphatic carbocycles. The number of benzene rings is 1. The minimum atomic E-state index is 0.0360. The summed E-state index contributed by atoms with van der Waals surface area (Å²) < 4.78 is 1.57. The third-order valence-corrected chi connectivity index (χ3v) is 4.93. The van der Waals surface area contributed by atoms with E-state index < -0.39 is 0 Å². The van der Waals surface area contributed by atoms with E-state index in [2.05, 4.69) is 25.2 Å². The number of hydrogen-bond acceptors (Lipinski definition) is 6. The van der Waals surface area contributed by atoms with E-state index in [1.54, 1.807) is 15.9 Å². The predicted octanol–water partition coefficient (Wildman–Crippen LogP) is 1.94. The van der Waals surface area contributed by atoms with Crippen molar-refractivity contribution in [3.05, 3.63) is 55.1 Å². The van der Waals surface area contributed by atoms with Gasteiger partial charge in [0.15, 0.2) is 11.6 Å². The summed E-state index contributed by atoms with van der Waals surface area (Å²) in [7, 11) is 1.85. The van der Waals surface area contributed by atoms with Gasteiger partial charge in [0.05, 0.1) is 0 Å². The largest absolute Gasteiger partial charge is 0.355 e. The van der Waals surface area contributed by atoms with Crippen LogP contribution in [0.3, 0.4) is 0 Å². The van der Waals surface area contributed by atoms with Crippen LogP contribution in [0.25, 0.3) is 5.82 Å². The zero-order valence-electron chi connectivity index (χ0n) is 15.1. The molecule has 0 atom stereocenters. The van der Waals surface area contributed by atoms with Crippen LogP contribution in [0.4, 0.5) is 11.5 Å². The summed E-state index contributed by atoms with van der Waals surface area (Å²) in [6.07, 6.45) is 4.67. The first kappa shape index (κ1) is 17.1. The molecule has 2 aromatic heterocycles. The number of amides is 1. The SMILES string of the molecule is CN(C(=O)C1CCN(c2ccc(-n3cncn3)nn2)CC1)c1ccccc1. The Hall–Kier alpha value is -3.29. The van der Waals surface area contributed by atoms with Gasteiger partial charge in [0.25, 0.3) is 0 Å².